The molecular formula is C17H22F2N6O4S. The number of carbonyl (C=O) groups excluding carboxylic acids is 1. The maximum Gasteiger partial charge on any atom is 0.248 e. The highest BCUT2D eigenvalue weighted by molar-refractivity contribution is 7.74. The van der Waals surface area contributed by atoms with Crippen molar-refractivity contribution in [2.45, 2.75) is 38.2 Å². The van der Waals surface area contributed by atoms with Crippen molar-refractivity contribution < 1.29 is 26.7 Å². The number of rotatable bonds is 8. The lowest BCUT2D eigenvalue weighted by Crippen LogP contribution is -2.32. The minimum absolute atomic E-state index is 0.0549. The van der Waals surface area contributed by atoms with Crippen molar-refractivity contribution in [2.75, 3.05) is 18.0 Å². The van der Waals surface area contributed by atoms with Gasteiger partial charge in [0.15, 0.2) is 0 Å². The summed E-state index contributed by atoms with van der Waals surface area (Å²) in [5.74, 6) is -2.90. The molecule has 1 saturated carbocycles. The quantitative estimate of drug-likeness (QED) is 0.580. The normalized spacial score (nSPS) is 16.5. The van der Waals surface area contributed by atoms with Crippen molar-refractivity contribution >= 4 is 22.5 Å². The zero-order chi connectivity index (χ0) is 21.9. The van der Waals surface area contributed by atoms with E-state index in [2.05, 4.69) is 15.4 Å². The van der Waals surface area contributed by atoms with Gasteiger partial charge in [0.1, 0.15) is 12.3 Å². The number of halogens is 2. The molecule has 0 aliphatic heterocycles. The molecule has 1 aromatic heterocycles. The number of tetrazole rings is 1. The van der Waals surface area contributed by atoms with Crippen molar-refractivity contribution in [2.24, 2.45) is 11.7 Å². The van der Waals surface area contributed by atoms with E-state index in [9.17, 15) is 22.0 Å². The van der Waals surface area contributed by atoms with Crippen LogP contribution in [-0.2, 0) is 22.2 Å². The van der Waals surface area contributed by atoms with Crippen molar-refractivity contribution in [1.82, 2.24) is 20.2 Å². The van der Waals surface area contributed by atoms with Gasteiger partial charge in [-0.25, -0.2) is 17.2 Å². The molecule has 0 saturated heterocycles. The van der Waals surface area contributed by atoms with Crippen LogP contribution in [0, 0.1) is 5.92 Å². The lowest BCUT2D eigenvalue weighted by Gasteiger charge is -2.27. The van der Waals surface area contributed by atoms with E-state index in [0.29, 0.717) is 24.9 Å². The first-order chi connectivity index (χ1) is 14.2. The summed E-state index contributed by atoms with van der Waals surface area (Å²) in [6.07, 6.45) is 0.522. The SMILES string of the molecule is COc1cc(-c2nnn(CC3CCC(F)(F)CC3)n2)ccc1N(CC(N)=O)[SH](=O)=O. The maximum absolute atomic E-state index is 13.3. The summed E-state index contributed by atoms with van der Waals surface area (Å²) >= 11 is 0. The Hall–Kier alpha value is -2.83. The zero-order valence-electron chi connectivity index (χ0n) is 16.2. The molecule has 1 fully saturated rings. The number of nitrogens with zero attached hydrogens (tertiary/aromatic N) is 5. The molecule has 0 bridgehead atoms. The highest BCUT2D eigenvalue weighted by Gasteiger charge is 2.35. The number of amides is 1. The first-order valence-corrected chi connectivity index (χ1v) is 10.4. The average molecular weight is 444 g/mol. The predicted molar refractivity (Wildman–Crippen MR) is 104 cm³/mol. The van der Waals surface area contributed by atoms with E-state index in [1.54, 1.807) is 6.07 Å². The molecule has 0 unspecified atom stereocenters. The number of alkyl halides is 2. The molecule has 0 radical (unpaired) electrons. The number of benzene rings is 1. The Labute approximate surface area is 173 Å². The van der Waals surface area contributed by atoms with Crippen LogP contribution in [0.3, 0.4) is 0 Å². The number of thiol groups is 1. The van der Waals surface area contributed by atoms with Crippen LogP contribution in [0.4, 0.5) is 14.5 Å². The highest BCUT2D eigenvalue weighted by Crippen LogP contribution is 2.37. The molecule has 1 amide bonds. The summed E-state index contributed by atoms with van der Waals surface area (Å²) in [7, 11) is -1.77. The second-order valence-electron chi connectivity index (χ2n) is 7.12. The number of anilines is 1. The summed E-state index contributed by atoms with van der Waals surface area (Å²) in [5.41, 5.74) is 5.77. The Kier molecular flexibility index (Phi) is 6.48. The first-order valence-electron chi connectivity index (χ1n) is 9.22. The minimum Gasteiger partial charge on any atom is -0.495 e. The van der Waals surface area contributed by atoms with Crippen LogP contribution in [0.1, 0.15) is 25.7 Å². The van der Waals surface area contributed by atoms with Gasteiger partial charge in [0.05, 0.1) is 19.3 Å². The largest absolute Gasteiger partial charge is 0.495 e. The van der Waals surface area contributed by atoms with E-state index in [-0.39, 0.29) is 36.0 Å². The molecule has 1 aliphatic carbocycles. The fourth-order valence-electron chi connectivity index (χ4n) is 3.36. The molecule has 13 heteroatoms. The molecular weight excluding hydrogens is 422 g/mol. The van der Waals surface area contributed by atoms with Gasteiger partial charge in [0, 0.05) is 18.4 Å². The molecule has 2 aromatic rings. The lowest BCUT2D eigenvalue weighted by molar-refractivity contribution is -0.116. The van der Waals surface area contributed by atoms with Crippen LogP contribution in [-0.4, -0.2) is 54.1 Å². The molecule has 0 spiro atoms. The molecule has 10 nitrogen and oxygen atoms in total. The average Bonchev–Trinajstić information content (AvgIpc) is 3.15. The topological polar surface area (TPSA) is 133 Å². The van der Waals surface area contributed by atoms with Crippen LogP contribution in [0.15, 0.2) is 18.2 Å². The summed E-state index contributed by atoms with van der Waals surface area (Å²) in [6, 6.07) is 4.53. The van der Waals surface area contributed by atoms with E-state index in [0.717, 1.165) is 4.31 Å². The standard InChI is InChI=1S/C17H22F2N6O4S/c1-29-14-8-12(2-3-13(14)24(30(27)28)10-15(20)26)16-21-23-25(22-16)9-11-4-6-17(18,19)7-5-11/h2-3,8,11,30H,4-7,9-10H2,1H3,(H2,20,26). The third-order valence-electron chi connectivity index (χ3n) is 4.93. The Bertz CT molecular complexity index is 978. The molecule has 0 atom stereocenters. The van der Waals surface area contributed by atoms with E-state index in [1.807, 2.05) is 0 Å². The van der Waals surface area contributed by atoms with Gasteiger partial charge in [-0.2, -0.15) is 4.80 Å². The summed E-state index contributed by atoms with van der Waals surface area (Å²) < 4.78 is 55.7. The number of aromatic nitrogens is 4. The Balaban J connectivity index is 1.78. The van der Waals surface area contributed by atoms with Crippen LogP contribution in [0.25, 0.3) is 11.4 Å². The number of ether oxygens (including phenoxy) is 1. The molecule has 164 valence electrons. The van der Waals surface area contributed by atoms with Gasteiger partial charge < -0.3 is 10.5 Å². The van der Waals surface area contributed by atoms with Gasteiger partial charge in [-0.15, -0.1) is 10.2 Å². The van der Waals surface area contributed by atoms with Crippen molar-refractivity contribution in [3.63, 3.8) is 0 Å². The lowest BCUT2D eigenvalue weighted by atomic mass is 9.87. The molecule has 2 N–H and O–H groups in total. The van der Waals surface area contributed by atoms with Crippen molar-refractivity contribution in [1.29, 1.82) is 0 Å². The van der Waals surface area contributed by atoms with Gasteiger partial charge in [0.2, 0.25) is 28.5 Å². The third kappa shape index (κ3) is 5.20. The second kappa shape index (κ2) is 8.90. The maximum atomic E-state index is 13.3. The smallest absolute Gasteiger partial charge is 0.248 e. The molecule has 3 rings (SSSR count). The van der Waals surface area contributed by atoms with Crippen LogP contribution >= 0.6 is 0 Å². The fraction of sp³-hybridized carbons (Fsp3) is 0.529. The second-order valence-corrected chi connectivity index (χ2v) is 8.07. The predicted octanol–water partition coefficient (Wildman–Crippen LogP) is 0.992. The van der Waals surface area contributed by atoms with Gasteiger partial charge in [0.25, 0.3) is 0 Å². The number of hydrogen-bond donors (Lipinski definition) is 2. The number of hydrogen-bond acceptors (Lipinski definition) is 7. The monoisotopic (exact) mass is 444 g/mol. The summed E-state index contributed by atoms with van der Waals surface area (Å²) in [5, 5.41) is 12.3. The number of methoxy groups -OCH3 is 1. The number of carbonyl (C=O) groups is 1. The summed E-state index contributed by atoms with van der Waals surface area (Å²) in [6.45, 7) is -0.134. The van der Waals surface area contributed by atoms with E-state index in [4.69, 9.17) is 10.5 Å². The number of primary amides is 1. The van der Waals surface area contributed by atoms with Crippen LogP contribution in [0.2, 0.25) is 0 Å². The molecule has 1 aromatic carbocycles. The third-order valence-corrected chi connectivity index (χ3v) is 5.68. The van der Waals surface area contributed by atoms with E-state index < -0.39 is 29.3 Å². The van der Waals surface area contributed by atoms with Crippen LogP contribution in [0.5, 0.6) is 5.75 Å². The first kappa shape index (κ1) is 21.9. The summed E-state index contributed by atoms with van der Waals surface area (Å²) in [4.78, 5) is 12.5. The number of nitrogens with two attached hydrogens (primary N) is 1. The van der Waals surface area contributed by atoms with Gasteiger partial charge in [-0.1, -0.05) is 0 Å². The fourth-order valence-corrected chi connectivity index (χ4v) is 3.95. The van der Waals surface area contributed by atoms with Crippen molar-refractivity contribution in [3.8, 4) is 17.1 Å². The molecule has 1 heterocycles. The molecule has 30 heavy (non-hydrogen) atoms. The Morgan fingerprint density at radius 3 is 2.67 bits per heavy atom. The Morgan fingerprint density at radius 1 is 1.37 bits per heavy atom. The molecule has 1 aliphatic rings. The van der Waals surface area contributed by atoms with Gasteiger partial charge >= 0.3 is 0 Å². The Morgan fingerprint density at radius 2 is 2.07 bits per heavy atom. The highest BCUT2D eigenvalue weighted by atomic mass is 32.2. The van der Waals surface area contributed by atoms with Gasteiger partial charge in [-0.3, -0.25) is 9.10 Å². The van der Waals surface area contributed by atoms with E-state index in [1.165, 1.54) is 24.0 Å². The van der Waals surface area contributed by atoms with Gasteiger partial charge in [-0.05, 0) is 42.2 Å². The van der Waals surface area contributed by atoms with Crippen molar-refractivity contribution in [3.05, 3.63) is 18.2 Å². The minimum atomic E-state index is -3.12. The van der Waals surface area contributed by atoms with Crippen LogP contribution < -0.4 is 14.8 Å². The van der Waals surface area contributed by atoms with E-state index >= 15 is 0 Å². The zero-order valence-corrected chi connectivity index (χ0v) is 17.1.